The van der Waals surface area contributed by atoms with Gasteiger partial charge in [0, 0.05) is 45.4 Å². The number of nitrogens with zero attached hydrogens (tertiary/aromatic N) is 2. The summed E-state index contributed by atoms with van der Waals surface area (Å²) in [5.41, 5.74) is 0. The quantitative estimate of drug-likeness (QED) is 0.636. The third-order valence-electron chi connectivity index (χ3n) is 3.39. The Balaban J connectivity index is 2.13. The SMILES string of the molecule is CCOCCN1CCN(CCOCC(F)(F)F)C[C@H]1C. The van der Waals surface area contributed by atoms with E-state index < -0.39 is 12.8 Å². The highest BCUT2D eigenvalue weighted by Crippen LogP contribution is 2.14. The second-order valence-electron chi connectivity index (χ2n) is 5.05. The molecule has 1 rings (SSSR count). The first kappa shape index (κ1) is 17.7. The smallest absolute Gasteiger partial charge is 0.380 e. The summed E-state index contributed by atoms with van der Waals surface area (Å²) in [6, 6.07) is 0.395. The van der Waals surface area contributed by atoms with Crippen LogP contribution in [0.4, 0.5) is 13.2 Å². The molecule has 0 spiro atoms. The Morgan fingerprint density at radius 3 is 2.40 bits per heavy atom. The number of piperazine rings is 1. The van der Waals surface area contributed by atoms with Gasteiger partial charge in [0.15, 0.2) is 0 Å². The van der Waals surface area contributed by atoms with E-state index in [1.54, 1.807) is 0 Å². The van der Waals surface area contributed by atoms with Crippen LogP contribution >= 0.6 is 0 Å². The van der Waals surface area contributed by atoms with Crippen molar-refractivity contribution >= 4 is 0 Å². The fourth-order valence-electron chi connectivity index (χ4n) is 2.31. The fraction of sp³-hybridized carbons (Fsp3) is 1.00. The average molecular weight is 298 g/mol. The summed E-state index contributed by atoms with van der Waals surface area (Å²) in [7, 11) is 0. The molecule has 0 aromatic rings. The van der Waals surface area contributed by atoms with Crippen LogP contribution in [0.25, 0.3) is 0 Å². The van der Waals surface area contributed by atoms with Crippen LogP contribution in [0.15, 0.2) is 0 Å². The standard InChI is InChI=1S/C13H25F3N2O2/c1-3-19-9-7-18-5-4-17(10-12(18)2)6-8-20-11-13(14,15)16/h12H,3-11H2,1-2H3/t12-/m1/s1. The maximum absolute atomic E-state index is 11.9. The highest BCUT2D eigenvalue weighted by atomic mass is 19.4. The molecule has 0 aliphatic carbocycles. The van der Waals surface area contributed by atoms with Crippen molar-refractivity contribution in [2.24, 2.45) is 0 Å². The van der Waals surface area contributed by atoms with E-state index in [1.807, 2.05) is 6.92 Å². The minimum Gasteiger partial charge on any atom is -0.380 e. The largest absolute Gasteiger partial charge is 0.411 e. The van der Waals surface area contributed by atoms with E-state index in [2.05, 4.69) is 21.5 Å². The van der Waals surface area contributed by atoms with Crippen LogP contribution in [0.1, 0.15) is 13.8 Å². The monoisotopic (exact) mass is 298 g/mol. The first-order valence-electron chi connectivity index (χ1n) is 7.11. The van der Waals surface area contributed by atoms with E-state index in [-0.39, 0.29) is 6.61 Å². The van der Waals surface area contributed by atoms with Crippen LogP contribution in [-0.4, -0.2) is 81.2 Å². The van der Waals surface area contributed by atoms with E-state index in [4.69, 9.17) is 4.74 Å². The maximum Gasteiger partial charge on any atom is 0.411 e. The first-order valence-corrected chi connectivity index (χ1v) is 7.11. The number of hydrogen-bond donors (Lipinski definition) is 0. The molecule has 0 N–H and O–H groups in total. The predicted octanol–water partition coefficient (Wildman–Crippen LogP) is 1.61. The number of alkyl halides is 3. The van der Waals surface area contributed by atoms with Crippen LogP contribution in [-0.2, 0) is 9.47 Å². The number of hydrogen-bond acceptors (Lipinski definition) is 4. The Morgan fingerprint density at radius 2 is 1.80 bits per heavy atom. The number of rotatable bonds is 8. The van der Waals surface area contributed by atoms with Crippen molar-refractivity contribution in [3.63, 3.8) is 0 Å². The minimum absolute atomic E-state index is 0.130. The van der Waals surface area contributed by atoms with Gasteiger partial charge in [0.25, 0.3) is 0 Å². The van der Waals surface area contributed by atoms with Gasteiger partial charge in [-0.1, -0.05) is 0 Å². The number of halogens is 3. The molecule has 0 radical (unpaired) electrons. The Morgan fingerprint density at radius 1 is 1.10 bits per heavy atom. The van der Waals surface area contributed by atoms with Crippen molar-refractivity contribution in [3.8, 4) is 0 Å². The molecule has 0 bridgehead atoms. The fourth-order valence-corrected chi connectivity index (χ4v) is 2.31. The van der Waals surface area contributed by atoms with E-state index in [0.717, 1.165) is 39.4 Å². The Labute approximate surface area is 118 Å². The lowest BCUT2D eigenvalue weighted by atomic mass is 10.2. The molecule has 1 heterocycles. The zero-order valence-corrected chi connectivity index (χ0v) is 12.3. The van der Waals surface area contributed by atoms with Crippen molar-refractivity contribution in [2.45, 2.75) is 26.1 Å². The van der Waals surface area contributed by atoms with Crippen LogP contribution in [0.3, 0.4) is 0 Å². The Hall–Kier alpha value is -0.370. The molecule has 0 unspecified atom stereocenters. The molecular formula is C13H25F3N2O2. The second kappa shape index (κ2) is 8.81. The molecule has 1 fully saturated rings. The minimum atomic E-state index is -4.23. The van der Waals surface area contributed by atoms with Gasteiger partial charge in [-0.2, -0.15) is 13.2 Å². The van der Waals surface area contributed by atoms with Gasteiger partial charge in [0.2, 0.25) is 0 Å². The lowest BCUT2D eigenvalue weighted by Gasteiger charge is -2.39. The van der Waals surface area contributed by atoms with Crippen molar-refractivity contribution in [3.05, 3.63) is 0 Å². The van der Waals surface area contributed by atoms with E-state index in [9.17, 15) is 13.2 Å². The van der Waals surface area contributed by atoms with Crippen LogP contribution in [0.2, 0.25) is 0 Å². The molecule has 4 nitrogen and oxygen atoms in total. The normalized spacial score (nSPS) is 22.4. The van der Waals surface area contributed by atoms with Crippen LogP contribution in [0.5, 0.6) is 0 Å². The van der Waals surface area contributed by atoms with Crippen molar-refractivity contribution < 1.29 is 22.6 Å². The molecule has 1 saturated heterocycles. The van der Waals surface area contributed by atoms with Gasteiger partial charge in [-0.05, 0) is 13.8 Å². The molecule has 0 amide bonds. The van der Waals surface area contributed by atoms with Crippen LogP contribution in [0, 0.1) is 0 Å². The zero-order valence-electron chi connectivity index (χ0n) is 12.3. The molecule has 20 heavy (non-hydrogen) atoms. The molecule has 0 aromatic carbocycles. The molecule has 0 saturated carbocycles. The van der Waals surface area contributed by atoms with Crippen molar-refractivity contribution in [1.29, 1.82) is 0 Å². The second-order valence-corrected chi connectivity index (χ2v) is 5.05. The van der Waals surface area contributed by atoms with Gasteiger partial charge >= 0.3 is 6.18 Å². The van der Waals surface area contributed by atoms with E-state index >= 15 is 0 Å². The average Bonchev–Trinajstić information content (AvgIpc) is 2.36. The summed E-state index contributed by atoms with van der Waals surface area (Å²) in [5.74, 6) is 0. The molecule has 120 valence electrons. The third kappa shape index (κ3) is 7.42. The van der Waals surface area contributed by atoms with Gasteiger partial charge in [-0.3, -0.25) is 9.80 Å². The van der Waals surface area contributed by atoms with Gasteiger partial charge in [0.05, 0.1) is 13.2 Å². The topological polar surface area (TPSA) is 24.9 Å². The van der Waals surface area contributed by atoms with Gasteiger partial charge in [-0.25, -0.2) is 0 Å². The Kier molecular flexibility index (Phi) is 7.79. The van der Waals surface area contributed by atoms with Gasteiger partial charge in [0.1, 0.15) is 6.61 Å². The highest BCUT2D eigenvalue weighted by Gasteiger charge is 2.28. The maximum atomic E-state index is 11.9. The lowest BCUT2D eigenvalue weighted by molar-refractivity contribution is -0.174. The summed E-state index contributed by atoms with van der Waals surface area (Å²) in [5, 5.41) is 0. The molecule has 1 aliphatic rings. The molecule has 7 heteroatoms. The van der Waals surface area contributed by atoms with Crippen molar-refractivity contribution in [1.82, 2.24) is 9.80 Å². The van der Waals surface area contributed by atoms with E-state index in [0.29, 0.717) is 12.6 Å². The Bertz CT molecular complexity index is 264. The first-order chi connectivity index (χ1) is 9.42. The summed E-state index contributed by atoms with van der Waals surface area (Å²) in [4.78, 5) is 4.50. The van der Waals surface area contributed by atoms with Crippen LogP contribution < -0.4 is 0 Å². The van der Waals surface area contributed by atoms with Gasteiger partial charge < -0.3 is 9.47 Å². The molecule has 0 aromatic heterocycles. The van der Waals surface area contributed by atoms with E-state index in [1.165, 1.54) is 0 Å². The summed E-state index contributed by atoms with van der Waals surface area (Å²) in [6.07, 6.45) is -4.23. The third-order valence-corrected chi connectivity index (χ3v) is 3.39. The lowest BCUT2D eigenvalue weighted by Crippen LogP contribution is -2.53. The molecule has 1 atom stereocenters. The molecule has 1 aliphatic heterocycles. The molecular weight excluding hydrogens is 273 g/mol. The zero-order chi connectivity index (χ0) is 15.0. The van der Waals surface area contributed by atoms with Crippen molar-refractivity contribution in [2.75, 3.05) is 59.2 Å². The number of ether oxygens (including phenoxy) is 2. The van der Waals surface area contributed by atoms with Gasteiger partial charge in [-0.15, -0.1) is 0 Å². The summed E-state index contributed by atoms with van der Waals surface area (Å²) >= 11 is 0. The summed E-state index contributed by atoms with van der Waals surface area (Å²) < 4.78 is 45.8. The predicted molar refractivity (Wildman–Crippen MR) is 70.8 cm³/mol. The highest BCUT2D eigenvalue weighted by molar-refractivity contribution is 4.78. The summed E-state index contributed by atoms with van der Waals surface area (Å²) in [6.45, 7) is 8.66.